The molecule has 0 fully saturated rings. The Balaban J connectivity index is 0.00000673. The molecular formula is C34H33KN10O8S2. The number of sulfonamides is 1. The van der Waals surface area contributed by atoms with Gasteiger partial charge >= 0.3 is 63.3 Å². The Morgan fingerprint density at radius 2 is 1.62 bits per heavy atom. The monoisotopic (exact) mass is 812 g/mol. The van der Waals surface area contributed by atoms with Gasteiger partial charge in [0.25, 0.3) is 0 Å². The van der Waals surface area contributed by atoms with E-state index in [1.807, 2.05) is 39.0 Å². The van der Waals surface area contributed by atoms with E-state index in [9.17, 15) is 33.2 Å². The number of rotatable bonds is 14. The summed E-state index contributed by atoms with van der Waals surface area (Å²) in [5, 5.41) is 36.7. The third kappa shape index (κ3) is 9.83. The van der Waals surface area contributed by atoms with E-state index < -0.39 is 45.7 Å². The number of carboxylic acid groups (broad SMARTS) is 1. The van der Waals surface area contributed by atoms with Crippen molar-refractivity contribution in [2.24, 2.45) is 10.2 Å². The fraction of sp³-hybridized carbons (Fsp3) is 0.294. The molecule has 0 bridgehead atoms. The third-order valence-corrected chi connectivity index (χ3v) is 10.6. The Kier molecular flexibility index (Phi) is 14.5. The van der Waals surface area contributed by atoms with Crippen LogP contribution >= 0.6 is 11.3 Å². The van der Waals surface area contributed by atoms with E-state index in [-0.39, 0.29) is 104 Å². The number of carbonyl (C=O) groups excluding carboxylic acids is 3. The molecule has 5 rings (SSSR count). The number of hydrogen-bond acceptors (Lipinski definition) is 17. The van der Waals surface area contributed by atoms with Crippen LogP contribution in [0.4, 0.5) is 23.1 Å². The van der Waals surface area contributed by atoms with Crippen LogP contribution in [0.3, 0.4) is 0 Å². The van der Waals surface area contributed by atoms with Crippen molar-refractivity contribution in [2.45, 2.75) is 45.9 Å². The zero-order valence-electron chi connectivity index (χ0n) is 30.9. The summed E-state index contributed by atoms with van der Waals surface area (Å²) in [5.74, 6) is -3.55. The van der Waals surface area contributed by atoms with Crippen molar-refractivity contribution in [1.29, 1.82) is 5.26 Å². The minimum atomic E-state index is -4.04. The van der Waals surface area contributed by atoms with Crippen molar-refractivity contribution in [3.8, 4) is 11.2 Å². The van der Waals surface area contributed by atoms with E-state index in [0.717, 1.165) is 32.3 Å². The molecule has 0 saturated heterocycles. The fourth-order valence-electron chi connectivity index (χ4n) is 5.19. The zero-order valence-corrected chi connectivity index (χ0v) is 35.7. The summed E-state index contributed by atoms with van der Waals surface area (Å²) < 4.78 is 39.2. The standard InChI is InChI=1S/C34H34N10O8S2.K/c1-7-51-31(47)28-27(29(32(48)52-8-2)39-33(38-28)37-26-19(4)13-18(3)14-20(26)5)40-41-30-21(16-35)17-44(42-30)34-36-23-15-22(9-10-24(23)53-34)54(49,50)43(6)12-11-25(45)46;/h9-10,13-15,17H,7-8,11-12H2,1-6H3,(H,45,46)(H,37,38,39);/q;+1/p-1. The van der Waals surface area contributed by atoms with E-state index in [2.05, 4.69) is 35.6 Å². The second-order valence-corrected chi connectivity index (χ2v) is 14.7. The number of esters is 2. The first-order chi connectivity index (χ1) is 25.7. The van der Waals surface area contributed by atoms with Crippen LogP contribution in [-0.4, -0.2) is 82.2 Å². The minimum Gasteiger partial charge on any atom is -0.550 e. The second kappa shape index (κ2) is 18.4. The van der Waals surface area contributed by atoms with E-state index in [0.29, 0.717) is 15.9 Å². The van der Waals surface area contributed by atoms with E-state index >= 15 is 0 Å². The molecule has 280 valence electrons. The molecule has 0 atom stereocenters. The van der Waals surface area contributed by atoms with Crippen molar-refractivity contribution >= 4 is 72.6 Å². The van der Waals surface area contributed by atoms with Crippen molar-refractivity contribution in [3.05, 3.63) is 70.2 Å². The number of azo groups is 1. The first-order valence-corrected chi connectivity index (χ1v) is 18.5. The number of nitrogens with one attached hydrogen (secondary N) is 1. The van der Waals surface area contributed by atoms with Crippen molar-refractivity contribution in [3.63, 3.8) is 0 Å². The molecule has 1 N–H and O–H groups in total. The molecule has 3 aromatic heterocycles. The van der Waals surface area contributed by atoms with E-state index in [1.165, 1.54) is 30.1 Å². The van der Waals surface area contributed by atoms with Gasteiger partial charge in [0.15, 0.2) is 17.1 Å². The van der Waals surface area contributed by atoms with Crippen LogP contribution in [0.2, 0.25) is 0 Å². The van der Waals surface area contributed by atoms with Gasteiger partial charge in [-0.1, -0.05) is 29.0 Å². The van der Waals surface area contributed by atoms with Gasteiger partial charge in [-0.15, -0.1) is 15.3 Å². The van der Waals surface area contributed by atoms with Gasteiger partial charge in [-0.25, -0.2) is 41.9 Å². The summed E-state index contributed by atoms with van der Waals surface area (Å²) in [6.07, 6.45) is 0.849. The smallest absolute Gasteiger partial charge is 0.550 e. The molecule has 2 aromatic carbocycles. The summed E-state index contributed by atoms with van der Waals surface area (Å²) in [5.41, 5.74) is 2.49. The molecule has 0 aliphatic rings. The topological polar surface area (TPSA) is 247 Å². The SMILES string of the molecule is CCOC(=O)c1nc(Nc2c(C)cc(C)cc2C)nc(C(=O)OCC)c1N=Nc1nn(-c2nc3cc(S(=O)(=O)N(C)CCC(=O)[O-])ccc3s2)cc1C#N.[K+]. The maximum Gasteiger partial charge on any atom is 1.00 e. The Morgan fingerprint density at radius 3 is 2.18 bits per heavy atom. The molecule has 0 radical (unpaired) electrons. The number of aryl methyl sites for hydroxylation is 3. The van der Waals surface area contributed by atoms with Crippen molar-refractivity contribution in [2.75, 3.05) is 32.1 Å². The first-order valence-electron chi connectivity index (χ1n) is 16.3. The Labute approximate surface area is 362 Å². The predicted molar refractivity (Wildman–Crippen MR) is 193 cm³/mol. The van der Waals surface area contributed by atoms with Gasteiger partial charge in [0.2, 0.25) is 26.9 Å². The van der Waals surface area contributed by atoms with Crippen molar-refractivity contribution < 1.29 is 88.8 Å². The Bertz CT molecular complexity index is 2410. The first kappa shape index (κ1) is 43.2. The molecular weight excluding hydrogens is 780 g/mol. The van der Waals surface area contributed by atoms with Crippen LogP contribution in [-0.2, 0) is 24.3 Å². The molecule has 55 heavy (non-hydrogen) atoms. The number of hydrogen-bond donors (Lipinski definition) is 1. The average Bonchev–Trinajstić information content (AvgIpc) is 3.75. The number of carbonyl (C=O) groups is 3. The molecule has 18 nitrogen and oxygen atoms in total. The maximum atomic E-state index is 13.2. The van der Waals surface area contributed by atoms with Gasteiger partial charge in [0.1, 0.15) is 11.6 Å². The molecule has 0 saturated carbocycles. The predicted octanol–water partition coefficient (Wildman–Crippen LogP) is 1.35. The number of fused-ring (bicyclic) bond motifs is 1. The van der Waals surface area contributed by atoms with Gasteiger partial charge in [0, 0.05) is 31.7 Å². The number of aromatic nitrogens is 5. The number of aliphatic carboxylic acids is 1. The van der Waals surface area contributed by atoms with Crippen LogP contribution in [0.15, 0.2) is 51.7 Å². The van der Waals surface area contributed by atoms with Crippen LogP contribution in [0.1, 0.15) is 63.5 Å². The minimum absolute atomic E-state index is 0. The number of thiazole rings is 1. The number of anilines is 2. The van der Waals surface area contributed by atoms with Gasteiger partial charge in [-0.2, -0.15) is 5.26 Å². The zero-order chi connectivity index (χ0) is 39.3. The molecule has 0 aliphatic carbocycles. The number of benzene rings is 2. The van der Waals surface area contributed by atoms with Gasteiger partial charge in [0.05, 0.1) is 34.5 Å². The van der Waals surface area contributed by atoms with Gasteiger partial charge < -0.3 is 24.7 Å². The van der Waals surface area contributed by atoms with Gasteiger partial charge in [-0.05, 0) is 63.9 Å². The maximum absolute atomic E-state index is 13.2. The van der Waals surface area contributed by atoms with Crippen LogP contribution < -0.4 is 61.8 Å². The number of ether oxygens (including phenoxy) is 2. The molecule has 5 aromatic rings. The molecule has 0 unspecified atom stereocenters. The Morgan fingerprint density at radius 1 is 1.00 bits per heavy atom. The summed E-state index contributed by atoms with van der Waals surface area (Å²) in [6.45, 7) is 8.58. The molecule has 21 heteroatoms. The van der Waals surface area contributed by atoms with Crippen LogP contribution in [0.25, 0.3) is 15.3 Å². The summed E-state index contributed by atoms with van der Waals surface area (Å²) in [6, 6.07) is 10.1. The van der Waals surface area contributed by atoms with E-state index in [4.69, 9.17) is 9.47 Å². The fourth-order valence-corrected chi connectivity index (χ4v) is 7.26. The summed E-state index contributed by atoms with van der Waals surface area (Å²) >= 11 is 1.13. The average molecular weight is 813 g/mol. The summed E-state index contributed by atoms with van der Waals surface area (Å²) in [7, 11) is -2.78. The summed E-state index contributed by atoms with van der Waals surface area (Å²) in [4.78, 5) is 50.4. The second-order valence-electron chi connectivity index (χ2n) is 11.6. The van der Waals surface area contributed by atoms with Crippen LogP contribution in [0.5, 0.6) is 0 Å². The quantitative estimate of drug-likeness (QED) is 0.0945. The van der Waals surface area contributed by atoms with Crippen molar-refractivity contribution in [1.82, 2.24) is 29.0 Å². The van der Waals surface area contributed by atoms with E-state index in [1.54, 1.807) is 19.9 Å². The number of carboxylic acids is 1. The normalized spacial score (nSPS) is 11.4. The largest absolute Gasteiger partial charge is 1.00 e. The molecule has 0 aliphatic heterocycles. The number of nitrogens with zero attached hydrogens (tertiary/aromatic N) is 9. The Hall–Kier alpha value is -4.53. The molecule has 3 heterocycles. The molecule has 0 spiro atoms. The number of nitriles is 1. The van der Waals surface area contributed by atoms with Gasteiger partial charge in [-0.3, -0.25) is 0 Å². The molecule has 0 amide bonds. The third-order valence-electron chi connectivity index (χ3n) is 7.68. The van der Waals surface area contributed by atoms with Crippen LogP contribution in [0, 0.1) is 32.1 Å².